The molecule has 0 radical (unpaired) electrons. The minimum atomic E-state index is -0.113. The number of amides is 1. The first-order valence-electron chi connectivity index (χ1n) is 10.4. The van der Waals surface area contributed by atoms with Gasteiger partial charge in [0.05, 0.1) is 11.7 Å². The number of aryl methyl sites for hydroxylation is 4. The molecule has 158 valence electrons. The van der Waals surface area contributed by atoms with Crippen molar-refractivity contribution in [2.75, 3.05) is 13.1 Å². The van der Waals surface area contributed by atoms with Crippen molar-refractivity contribution in [3.8, 4) is 5.82 Å². The number of piperidine rings is 1. The summed E-state index contributed by atoms with van der Waals surface area (Å²) in [4.78, 5) is 28.3. The number of hydrogen-bond acceptors (Lipinski definition) is 5. The summed E-state index contributed by atoms with van der Waals surface area (Å²) in [6.45, 7) is 7.31. The van der Waals surface area contributed by atoms with Crippen LogP contribution >= 0.6 is 11.3 Å². The second-order valence-corrected chi connectivity index (χ2v) is 8.95. The molecule has 0 saturated carbocycles. The number of carbonyl (C=O) groups excluding carboxylic acids is 1. The summed E-state index contributed by atoms with van der Waals surface area (Å²) in [6, 6.07) is 7.35. The zero-order valence-electron chi connectivity index (χ0n) is 17.7. The molecule has 1 fully saturated rings. The fourth-order valence-corrected chi connectivity index (χ4v) is 4.96. The van der Waals surface area contributed by atoms with Crippen LogP contribution in [0.5, 0.6) is 0 Å². The maximum Gasteiger partial charge on any atom is 0.267 e. The molecule has 3 aromatic rings. The Bertz CT molecular complexity index is 1100. The van der Waals surface area contributed by atoms with E-state index in [9.17, 15) is 9.59 Å². The van der Waals surface area contributed by atoms with E-state index in [1.54, 1.807) is 32.8 Å². The predicted molar refractivity (Wildman–Crippen MR) is 117 cm³/mol. The molecule has 0 atom stereocenters. The highest BCUT2D eigenvalue weighted by molar-refractivity contribution is 7.10. The molecule has 1 aliphatic heterocycles. The van der Waals surface area contributed by atoms with Crippen LogP contribution in [-0.4, -0.2) is 43.5 Å². The van der Waals surface area contributed by atoms with Gasteiger partial charge in [-0.2, -0.15) is 5.10 Å². The van der Waals surface area contributed by atoms with Gasteiger partial charge in [0.1, 0.15) is 0 Å². The van der Waals surface area contributed by atoms with Crippen LogP contribution in [0.4, 0.5) is 0 Å². The molecule has 7 nitrogen and oxygen atoms in total. The van der Waals surface area contributed by atoms with Gasteiger partial charge in [-0.3, -0.25) is 9.59 Å². The molecule has 4 heterocycles. The summed E-state index contributed by atoms with van der Waals surface area (Å²) in [5.41, 5.74) is 3.04. The number of rotatable bonds is 5. The van der Waals surface area contributed by atoms with Gasteiger partial charge < -0.3 is 4.90 Å². The van der Waals surface area contributed by atoms with E-state index in [1.807, 2.05) is 24.8 Å². The van der Waals surface area contributed by atoms with Crippen LogP contribution in [0, 0.1) is 20.8 Å². The molecule has 0 spiro atoms. The Balaban J connectivity index is 1.41. The maximum absolute atomic E-state index is 12.6. The number of thiophene rings is 1. The lowest BCUT2D eigenvalue weighted by Gasteiger charge is -2.32. The third-order valence-corrected chi connectivity index (χ3v) is 6.82. The van der Waals surface area contributed by atoms with Gasteiger partial charge in [-0.15, -0.1) is 16.4 Å². The van der Waals surface area contributed by atoms with Crippen molar-refractivity contribution in [3.05, 3.63) is 61.8 Å². The third kappa shape index (κ3) is 4.23. The topological polar surface area (TPSA) is 73.0 Å². The SMILES string of the molecule is Cc1cc(C)n(-c2ccc(=O)n(C3CCN(C(=O)CCc4sccc4C)CC3)n2)n1. The highest BCUT2D eigenvalue weighted by Gasteiger charge is 2.25. The molecule has 0 bridgehead atoms. The fourth-order valence-electron chi connectivity index (χ4n) is 4.05. The van der Waals surface area contributed by atoms with E-state index in [1.165, 1.54) is 10.4 Å². The summed E-state index contributed by atoms with van der Waals surface area (Å²) in [6.07, 6.45) is 2.81. The Kier molecular flexibility index (Phi) is 5.85. The average Bonchev–Trinajstić information content (AvgIpc) is 3.30. The van der Waals surface area contributed by atoms with Gasteiger partial charge >= 0.3 is 0 Å². The summed E-state index contributed by atoms with van der Waals surface area (Å²) in [7, 11) is 0. The van der Waals surface area contributed by atoms with Gasteiger partial charge in [-0.1, -0.05) is 0 Å². The van der Waals surface area contributed by atoms with Crippen LogP contribution < -0.4 is 5.56 Å². The van der Waals surface area contributed by atoms with E-state index >= 15 is 0 Å². The minimum Gasteiger partial charge on any atom is -0.343 e. The van der Waals surface area contributed by atoms with E-state index in [0.717, 1.165) is 30.7 Å². The normalized spacial score (nSPS) is 15.0. The highest BCUT2D eigenvalue weighted by atomic mass is 32.1. The molecule has 8 heteroatoms. The molecule has 0 aliphatic carbocycles. The van der Waals surface area contributed by atoms with E-state index in [0.29, 0.717) is 25.3 Å². The molecule has 1 saturated heterocycles. The van der Waals surface area contributed by atoms with Crippen molar-refractivity contribution in [2.24, 2.45) is 0 Å². The van der Waals surface area contributed by atoms with Crippen LogP contribution in [0.15, 0.2) is 34.4 Å². The second kappa shape index (κ2) is 8.55. The Labute approximate surface area is 180 Å². The summed E-state index contributed by atoms with van der Waals surface area (Å²) < 4.78 is 3.33. The molecule has 0 aromatic carbocycles. The number of aromatic nitrogens is 4. The monoisotopic (exact) mass is 425 g/mol. The zero-order valence-corrected chi connectivity index (χ0v) is 18.5. The lowest BCUT2D eigenvalue weighted by atomic mass is 10.0. The van der Waals surface area contributed by atoms with E-state index in [-0.39, 0.29) is 17.5 Å². The number of likely N-dealkylation sites (tertiary alicyclic amines) is 1. The fraction of sp³-hybridized carbons (Fsp3) is 0.455. The van der Waals surface area contributed by atoms with Crippen LogP contribution in [0.3, 0.4) is 0 Å². The van der Waals surface area contributed by atoms with Gasteiger partial charge in [-0.25, -0.2) is 9.36 Å². The maximum atomic E-state index is 12.6. The molecule has 4 rings (SSSR count). The summed E-state index contributed by atoms with van der Waals surface area (Å²) >= 11 is 1.72. The Hall–Kier alpha value is -2.74. The van der Waals surface area contributed by atoms with E-state index < -0.39 is 0 Å². The van der Waals surface area contributed by atoms with Crippen LogP contribution in [0.1, 0.15) is 47.1 Å². The van der Waals surface area contributed by atoms with E-state index in [4.69, 9.17) is 0 Å². The Morgan fingerprint density at radius 2 is 1.90 bits per heavy atom. The van der Waals surface area contributed by atoms with Crippen LogP contribution in [-0.2, 0) is 11.2 Å². The molecule has 30 heavy (non-hydrogen) atoms. The van der Waals surface area contributed by atoms with Gasteiger partial charge in [0.25, 0.3) is 5.56 Å². The number of carbonyl (C=O) groups is 1. The Morgan fingerprint density at radius 3 is 2.53 bits per heavy atom. The predicted octanol–water partition coefficient (Wildman–Crippen LogP) is 3.21. The smallest absolute Gasteiger partial charge is 0.267 e. The van der Waals surface area contributed by atoms with Crippen molar-refractivity contribution >= 4 is 17.2 Å². The quantitative estimate of drug-likeness (QED) is 0.629. The average molecular weight is 426 g/mol. The second-order valence-electron chi connectivity index (χ2n) is 7.95. The lowest BCUT2D eigenvalue weighted by molar-refractivity contribution is -0.132. The van der Waals surface area contributed by atoms with Crippen LogP contribution in [0.2, 0.25) is 0 Å². The van der Waals surface area contributed by atoms with Gasteiger partial charge in [0.15, 0.2) is 5.82 Å². The minimum absolute atomic E-state index is 0.00185. The van der Waals surface area contributed by atoms with Crippen molar-refractivity contribution in [1.29, 1.82) is 0 Å². The molecular formula is C22H27N5O2S. The molecule has 1 aliphatic rings. The number of hydrogen-bond donors (Lipinski definition) is 0. The summed E-state index contributed by atoms with van der Waals surface area (Å²) in [5.74, 6) is 0.836. The van der Waals surface area contributed by atoms with Gasteiger partial charge in [0.2, 0.25) is 5.91 Å². The van der Waals surface area contributed by atoms with Crippen molar-refractivity contribution in [1.82, 2.24) is 24.5 Å². The van der Waals surface area contributed by atoms with Crippen molar-refractivity contribution < 1.29 is 4.79 Å². The van der Waals surface area contributed by atoms with Gasteiger partial charge in [-0.05, 0) is 69.2 Å². The first-order chi connectivity index (χ1) is 14.4. The number of nitrogens with zero attached hydrogens (tertiary/aromatic N) is 5. The standard InChI is InChI=1S/C22H27N5O2S/c1-15-10-13-30-19(15)4-6-21(28)25-11-8-18(9-12-25)27-22(29)7-5-20(24-27)26-17(3)14-16(2)23-26/h5,7,10,13-14,18H,4,6,8-9,11-12H2,1-3H3. The van der Waals surface area contributed by atoms with Crippen molar-refractivity contribution in [3.63, 3.8) is 0 Å². The Morgan fingerprint density at radius 1 is 1.13 bits per heavy atom. The first kappa shape index (κ1) is 20.5. The molecule has 1 amide bonds. The first-order valence-corrected chi connectivity index (χ1v) is 11.2. The van der Waals surface area contributed by atoms with Crippen molar-refractivity contribution in [2.45, 2.75) is 52.5 Å². The summed E-state index contributed by atoms with van der Waals surface area (Å²) in [5, 5.41) is 11.1. The van der Waals surface area contributed by atoms with Crippen LogP contribution in [0.25, 0.3) is 5.82 Å². The largest absolute Gasteiger partial charge is 0.343 e. The zero-order chi connectivity index (χ0) is 21.3. The third-order valence-electron chi connectivity index (χ3n) is 5.73. The van der Waals surface area contributed by atoms with E-state index in [2.05, 4.69) is 28.6 Å². The molecule has 0 N–H and O–H groups in total. The molecule has 0 unspecified atom stereocenters. The molecule has 3 aromatic heterocycles. The molecular weight excluding hydrogens is 398 g/mol. The van der Waals surface area contributed by atoms with Gasteiger partial charge in [0, 0.05) is 36.1 Å². The highest BCUT2D eigenvalue weighted by Crippen LogP contribution is 2.23. The lowest BCUT2D eigenvalue weighted by Crippen LogP contribution is -2.41.